The van der Waals surface area contributed by atoms with Crippen LogP contribution >= 0.6 is 22.7 Å². The van der Waals surface area contributed by atoms with Crippen molar-refractivity contribution < 1.29 is 19.1 Å². The van der Waals surface area contributed by atoms with Crippen LogP contribution in [0.4, 0.5) is 10.1 Å². The van der Waals surface area contributed by atoms with Crippen LogP contribution in [0.5, 0.6) is 0 Å². The van der Waals surface area contributed by atoms with Crippen LogP contribution in [0.1, 0.15) is 21.4 Å². The molecule has 0 fully saturated rings. The minimum Gasteiger partial charge on any atom is -0.477 e. The molecule has 5 nitrogen and oxygen atoms in total. The number of carboxylic acid groups (broad SMARTS) is 1. The zero-order valence-electron chi connectivity index (χ0n) is 14.9. The van der Waals surface area contributed by atoms with Crippen LogP contribution in [-0.2, 0) is 4.79 Å². The van der Waals surface area contributed by atoms with Crippen molar-refractivity contribution in [3.05, 3.63) is 76.5 Å². The van der Waals surface area contributed by atoms with Gasteiger partial charge in [-0.1, -0.05) is 30.3 Å². The van der Waals surface area contributed by atoms with Crippen molar-refractivity contribution in [2.75, 3.05) is 5.01 Å². The van der Waals surface area contributed by atoms with Gasteiger partial charge in [-0.25, -0.2) is 20.0 Å². The lowest BCUT2D eigenvalue weighted by Crippen LogP contribution is -2.39. The van der Waals surface area contributed by atoms with Gasteiger partial charge in [-0.3, -0.25) is 4.79 Å². The Labute approximate surface area is 173 Å². The maximum atomic E-state index is 15.0. The van der Waals surface area contributed by atoms with Gasteiger partial charge in [0.25, 0.3) is 5.91 Å². The van der Waals surface area contributed by atoms with E-state index < -0.39 is 18.0 Å². The number of amides is 1. The molecule has 146 valence electrons. The van der Waals surface area contributed by atoms with E-state index in [2.05, 4.69) is 0 Å². The van der Waals surface area contributed by atoms with Crippen molar-refractivity contribution >= 4 is 50.3 Å². The predicted molar refractivity (Wildman–Crippen MR) is 114 cm³/mol. The van der Waals surface area contributed by atoms with Gasteiger partial charge in [-0.05, 0) is 52.2 Å². The van der Waals surface area contributed by atoms with Crippen molar-refractivity contribution in [3.8, 4) is 10.4 Å². The molecule has 8 heteroatoms. The summed E-state index contributed by atoms with van der Waals surface area (Å²) >= 11 is 2.59. The third-order valence-corrected chi connectivity index (χ3v) is 6.44. The highest BCUT2D eigenvalue weighted by atomic mass is 32.1. The number of hydrogen-bond acceptors (Lipinski definition) is 5. The number of carboxylic acids is 1. The minimum atomic E-state index is -1.97. The number of benzene rings is 2. The van der Waals surface area contributed by atoms with Crippen LogP contribution in [0, 0.1) is 0 Å². The van der Waals surface area contributed by atoms with E-state index in [9.17, 15) is 14.0 Å². The van der Waals surface area contributed by atoms with Gasteiger partial charge < -0.3 is 5.11 Å². The van der Waals surface area contributed by atoms with E-state index in [-0.39, 0.29) is 10.4 Å². The molecule has 0 saturated carbocycles. The van der Waals surface area contributed by atoms with Gasteiger partial charge >= 0.3 is 5.97 Å². The molecule has 0 aliphatic heterocycles. The number of rotatable bonds is 5. The third kappa shape index (κ3) is 3.77. The molecule has 0 aliphatic rings. The molecule has 0 spiro atoms. The van der Waals surface area contributed by atoms with E-state index in [1.165, 1.54) is 18.2 Å². The van der Waals surface area contributed by atoms with Crippen molar-refractivity contribution in [2.24, 2.45) is 5.84 Å². The minimum absolute atomic E-state index is 0.131. The number of fused-ring (bicyclic) bond motifs is 1. The Hall–Kier alpha value is -3.07. The van der Waals surface area contributed by atoms with Gasteiger partial charge in [0.1, 0.15) is 4.88 Å². The molecule has 2 aromatic heterocycles. The molecule has 0 bridgehead atoms. The number of hydrogen-bond donors (Lipinski definition) is 2. The third-order valence-electron chi connectivity index (χ3n) is 4.43. The first-order chi connectivity index (χ1) is 13.9. The summed E-state index contributed by atoms with van der Waals surface area (Å²) in [5.41, 5.74) is 1.40. The van der Waals surface area contributed by atoms with Gasteiger partial charge in [0.15, 0.2) is 0 Å². The molecule has 0 aliphatic carbocycles. The summed E-state index contributed by atoms with van der Waals surface area (Å²) in [5, 5.41) is 12.5. The summed E-state index contributed by atoms with van der Waals surface area (Å²) in [6.45, 7) is 0. The Morgan fingerprint density at radius 2 is 1.90 bits per heavy atom. The molecule has 1 amide bonds. The van der Waals surface area contributed by atoms with Crippen LogP contribution in [0.15, 0.2) is 66.0 Å². The molecule has 0 radical (unpaired) electrons. The lowest BCUT2D eigenvalue weighted by atomic mass is 10.1. The summed E-state index contributed by atoms with van der Waals surface area (Å²) in [6.07, 6.45) is -1.97. The number of halogens is 1. The fourth-order valence-electron chi connectivity index (χ4n) is 2.95. The highest BCUT2D eigenvalue weighted by Gasteiger charge is 2.26. The second-order valence-corrected chi connectivity index (χ2v) is 8.34. The van der Waals surface area contributed by atoms with Gasteiger partial charge in [0.05, 0.1) is 5.69 Å². The fourth-order valence-corrected chi connectivity index (χ4v) is 4.63. The lowest BCUT2D eigenvalue weighted by molar-refractivity contribution is -0.123. The van der Waals surface area contributed by atoms with E-state index in [1.54, 1.807) is 35.6 Å². The quantitative estimate of drug-likeness (QED) is 0.259. The second-order valence-electron chi connectivity index (χ2n) is 6.31. The molecule has 2 heterocycles. The molecule has 2 aromatic carbocycles. The zero-order valence-corrected chi connectivity index (χ0v) is 16.5. The van der Waals surface area contributed by atoms with Crippen molar-refractivity contribution in [2.45, 2.75) is 6.17 Å². The summed E-state index contributed by atoms with van der Waals surface area (Å²) in [6, 6.07) is 17.0. The van der Waals surface area contributed by atoms with Gasteiger partial charge in [0, 0.05) is 9.58 Å². The Kier molecular flexibility index (Phi) is 5.14. The molecule has 4 rings (SSSR count). The van der Waals surface area contributed by atoms with E-state index >= 15 is 0 Å². The van der Waals surface area contributed by atoms with Gasteiger partial charge in [-0.15, -0.1) is 22.7 Å². The molecule has 4 aromatic rings. The van der Waals surface area contributed by atoms with Crippen molar-refractivity contribution in [1.29, 1.82) is 0 Å². The summed E-state index contributed by atoms with van der Waals surface area (Å²) in [4.78, 5) is 24.9. The fraction of sp³-hybridized carbons (Fsp3) is 0.0476. The van der Waals surface area contributed by atoms with Gasteiger partial charge in [0.2, 0.25) is 6.17 Å². The van der Waals surface area contributed by atoms with E-state index in [0.717, 1.165) is 26.8 Å². The molecule has 3 N–H and O–H groups in total. The number of nitrogens with two attached hydrogens (primary N) is 1. The Bertz CT molecular complexity index is 1200. The molecular formula is C21H15FN2O3S2. The molecule has 29 heavy (non-hydrogen) atoms. The monoisotopic (exact) mass is 426 g/mol. The first-order valence-corrected chi connectivity index (χ1v) is 10.3. The maximum absolute atomic E-state index is 15.0. The second kappa shape index (κ2) is 7.75. The smallest absolute Gasteiger partial charge is 0.345 e. The molecule has 0 saturated heterocycles. The molecule has 1 unspecified atom stereocenters. The summed E-state index contributed by atoms with van der Waals surface area (Å²) in [7, 11) is 0. The number of thiophene rings is 2. The van der Waals surface area contributed by atoms with Crippen LogP contribution < -0.4 is 10.9 Å². The summed E-state index contributed by atoms with van der Waals surface area (Å²) in [5.74, 6) is 3.99. The van der Waals surface area contributed by atoms with E-state index in [4.69, 9.17) is 10.9 Å². The lowest BCUT2D eigenvalue weighted by Gasteiger charge is -2.20. The standard InChI is InChI=1S/C21H15FN2O3S2/c22-19(14-7-6-13-10-18(21(26)27)29-17(13)11-14)20(25)24(23)15-4-1-3-12(9-15)16-5-2-8-28-16/h1-11,19H,23H2,(H,26,27). The summed E-state index contributed by atoms with van der Waals surface area (Å²) < 4.78 is 15.5. The largest absolute Gasteiger partial charge is 0.477 e. The van der Waals surface area contributed by atoms with Crippen LogP contribution in [0.25, 0.3) is 20.5 Å². The number of alkyl halides is 1. The van der Waals surface area contributed by atoms with Crippen molar-refractivity contribution in [3.63, 3.8) is 0 Å². The Morgan fingerprint density at radius 3 is 2.62 bits per heavy atom. The number of hydrazine groups is 1. The normalized spacial score (nSPS) is 12.1. The van der Waals surface area contributed by atoms with Crippen LogP contribution in [0.3, 0.4) is 0 Å². The Balaban J connectivity index is 1.59. The number of carbonyl (C=O) groups is 2. The molecular weight excluding hydrogens is 411 g/mol. The zero-order chi connectivity index (χ0) is 20.5. The van der Waals surface area contributed by atoms with Gasteiger partial charge in [-0.2, -0.15) is 0 Å². The Morgan fingerprint density at radius 1 is 1.07 bits per heavy atom. The highest BCUT2D eigenvalue weighted by Crippen LogP contribution is 2.32. The number of nitrogens with zero attached hydrogens (tertiary/aromatic N) is 1. The van der Waals surface area contributed by atoms with Crippen molar-refractivity contribution in [1.82, 2.24) is 0 Å². The highest BCUT2D eigenvalue weighted by molar-refractivity contribution is 7.20. The molecule has 1 atom stereocenters. The average Bonchev–Trinajstić information content (AvgIpc) is 3.41. The number of carbonyl (C=O) groups excluding carboxylic acids is 1. The number of aromatic carboxylic acids is 1. The maximum Gasteiger partial charge on any atom is 0.345 e. The van der Waals surface area contributed by atoms with Crippen LogP contribution in [0.2, 0.25) is 0 Å². The number of anilines is 1. The topological polar surface area (TPSA) is 83.6 Å². The van der Waals surface area contributed by atoms with E-state index in [0.29, 0.717) is 15.8 Å². The average molecular weight is 426 g/mol. The first kappa shape index (κ1) is 19.3. The van der Waals surface area contributed by atoms with Crippen LogP contribution in [-0.4, -0.2) is 17.0 Å². The predicted octanol–water partition coefficient (Wildman–Crippen LogP) is 5.25. The van der Waals surface area contributed by atoms with E-state index in [1.807, 2.05) is 23.6 Å². The first-order valence-electron chi connectivity index (χ1n) is 8.57. The SMILES string of the molecule is NN(C(=O)C(F)c1ccc2cc(C(=O)O)sc2c1)c1cccc(-c2cccs2)c1.